The number of hydrogen-bond donors (Lipinski definition) is 2. The Bertz CT molecular complexity index is 3340. The molecule has 0 aliphatic rings. The molecule has 0 bridgehead atoms. The summed E-state index contributed by atoms with van der Waals surface area (Å²) in [7, 11) is 6.60. The molecule has 0 atom stereocenters. The lowest BCUT2D eigenvalue weighted by Gasteiger charge is -2.14. The topological polar surface area (TPSA) is 191 Å². The molecule has 18 heteroatoms. The van der Waals surface area contributed by atoms with E-state index in [2.05, 4.69) is 10.6 Å². The Labute approximate surface area is 372 Å². The monoisotopic (exact) mass is 902 g/mol. The number of aromatic nitrogens is 4. The molecular weight excluding hydrogens is 853 g/mol. The lowest BCUT2D eigenvalue weighted by atomic mass is 10.1. The van der Waals surface area contributed by atoms with E-state index >= 15 is 0 Å². The van der Waals surface area contributed by atoms with Gasteiger partial charge in [0.1, 0.15) is 11.0 Å². The maximum Gasteiger partial charge on any atom is 0.253 e. The van der Waals surface area contributed by atoms with Crippen LogP contribution in [-0.4, -0.2) is 150 Å². The molecule has 0 saturated carbocycles. The molecule has 0 aliphatic heterocycles. The summed E-state index contributed by atoms with van der Waals surface area (Å²) in [6, 6.07) is 27.9. The second kappa shape index (κ2) is 18.4. The van der Waals surface area contributed by atoms with Crippen LogP contribution in [0.3, 0.4) is 0 Å². The number of likely N-dealkylation sites (N-methyl/N-ethyl adjacent to an activating group) is 2. The van der Waals surface area contributed by atoms with Crippen LogP contribution in [0, 0.1) is 0 Å². The molecule has 6 aromatic carbocycles. The molecule has 0 radical (unpaired) electrons. The van der Waals surface area contributed by atoms with Gasteiger partial charge in [-0.1, -0.05) is 42.5 Å². The molecule has 0 fully saturated rings. The zero-order valence-corrected chi connectivity index (χ0v) is 38.5. The number of benzene rings is 6. The highest BCUT2D eigenvalue weighted by Crippen LogP contribution is 2.32. The summed E-state index contributed by atoms with van der Waals surface area (Å²) in [6.45, 7) is 2.49. The third-order valence-electron chi connectivity index (χ3n) is 10.6. The van der Waals surface area contributed by atoms with Crippen LogP contribution >= 0.6 is 0 Å². The fraction of sp³-hybridized carbons (Fsp3) is 0.261. The van der Waals surface area contributed by atoms with Crippen molar-refractivity contribution >= 4 is 97.5 Å². The van der Waals surface area contributed by atoms with Crippen LogP contribution in [0.2, 0.25) is 0 Å². The Kier molecular flexibility index (Phi) is 13.2. The minimum atomic E-state index is -3.64. The van der Waals surface area contributed by atoms with Gasteiger partial charge in [0, 0.05) is 70.5 Å². The molecule has 0 aliphatic carbocycles. The maximum atomic E-state index is 12.8. The number of sulfonamides is 2. The maximum absolute atomic E-state index is 12.8. The summed E-state index contributed by atoms with van der Waals surface area (Å²) in [5, 5.41) is 8.59. The lowest BCUT2D eigenvalue weighted by Crippen LogP contribution is -2.31. The second-order valence-electron chi connectivity index (χ2n) is 16.1. The van der Waals surface area contributed by atoms with Gasteiger partial charge in [0.15, 0.2) is 0 Å². The van der Waals surface area contributed by atoms with E-state index in [9.17, 15) is 26.4 Å². The van der Waals surface area contributed by atoms with Gasteiger partial charge in [-0.15, -0.1) is 0 Å². The van der Waals surface area contributed by atoms with Crippen molar-refractivity contribution in [2.24, 2.45) is 0 Å². The zero-order valence-electron chi connectivity index (χ0n) is 36.9. The highest BCUT2D eigenvalue weighted by molar-refractivity contribution is 7.89. The van der Waals surface area contributed by atoms with Crippen molar-refractivity contribution in [2.75, 3.05) is 82.6 Å². The van der Waals surface area contributed by atoms with Crippen LogP contribution in [0.5, 0.6) is 0 Å². The summed E-state index contributed by atoms with van der Waals surface area (Å²) in [5.41, 5.74) is 5.61. The Hall–Kier alpha value is -6.28. The Morgan fingerprint density at radius 3 is 1.47 bits per heavy atom. The molecule has 0 spiro atoms. The van der Waals surface area contributed by atoms with Crippen LogP contribution in [0.15, 0.2) is 107 Å². The molecule has 2 aromatic heterocycles. The van der Waals surface area contributed by atoms with Gasteiger partial charge in [-0.05, 0) is 88.2 Å². The Morgan fingerprint density at radius 1 is 0.484 bits per heavy atom. The fourth-order valence-corrected chi connectivity index (χ4v) is 9.13. The number of fused-ring (bicyclic) bond motifs is 8. The molecule has 332 valence electrons. The molecule has 2 N–H and O–H groups in total. The van der Waals surface area contributed by atoms with Gasteiger partial charge in [-0.2, -0.15) is 0 Å². The van der Waals surface area contributed by atoms with Gasteiger partial charge in [-0.25, -0.2) is 45.4 Å². The van der Waals surface area contributed by atoms with E-state index in [1.54, 1.807) is 66.7 Å². The first-order chi connectivity index (χ1) is 30.4. The first-order valence-corrected chi connectivity index (χ1v) is 23.2. The number of para-hydroxylation sites is 2. The number of nitrogens with one attached hydrogen (secondary N) is 2. The van der Waals surface area contributed by atoms with Gasteiger partial charge in [0.05, 0.1) is 54.0 Å². The van der Waals surface area contributed by atoms with E-state index in [1.165, 1.54) is 36.8 Å². The third-order valence-corrected chi connectivity index (χ3v) is 14.3. The van der Waals surface area contributed by atoms with Crippen molar-refractivity contribution in [1.82, 2.24) is 49.0 Å². The molecule has 16 nitrogen and oxygen atoms in total. The standard InChI is InChI=1S/2C23H25N5O3S/c1-27(2)14-13-24-23(29)17-8-5-9-18-22(17)26-21-16-7-6-10-20(32(30,31)28(3)4)15(16)11-12-19(21)25-18;1-27(2)13-12-24-23(29)18-6-5-7-19-22(18)26-21-17-10-9-16(32(30,31)28(3)4)14-15(17)8-11-20(21)25-19/h5-12H,13-14H2,1-4H3,(H,24,29);5-11,14H,12-13H2,1-4H3,(H,24,29). The van der Waals surface area contributed by atoms with Crippen LogP contribution in [0.4, 0.5) is 0 Å². The van der Waals surface area contributed by atoms with E-state index in [0.717, 1.165) is 23.9 Å². The molecule has 2 heterocycles. The predicted octanol–water partition coefficient (Wildman–Crippen LogP) is 4.96. The highest BCUT2D eigenvalue weighted by Gasteiger charge is 2.23. The second-order valence-corrected chi connectivity index (χ2v) is 20.4. The van der Waals surface area contributed by atoms with Gasteiger partial charge in [0.25, 0.3) is 11.8 Å². The predicted molar refractivity (Wildman–Crippen MR) is 253 cm³/mol. The van der Waals surface area contributed by atoms with Crippen LogP contribution in [0.25, 0.3) is 65.7 Å². The first kappa shape index (κ1) is 45.7. The number of carbonyl (C=O) groups excluding carboxylic acids is 2. The van der Waals surface area contributed by atoms with Crippen molar-refractivity contribution in [3.8, 4) is 0 Å². The quantitative estimate of drug-likeness (QED) is 0.124. The Balaban J connectivity index is 0.000000191. The van der Waals surface area contributed by atoms with Gasteiger partial charge < -0.3 is 20.4 Å². The number of hydrogen-bond acceptors (Lipinski definition) is 12. The van der Waals surface area contributed by atoms with E-state index in [4.69, 9.17) is 19.9 Å². The molecule has 8 aromatic rings. The molecule has 0 saturated heterocycles. The van der Waals surface area contributed by atoms with Gasteiger partial charge in [0.2, 0.25) is 20.0 Å². The summed E-state index contributed by atoms with van der Waals surface area (Å²) in [5.74, 6) is -0.423. The van der Waals surface area contributed by atoms with E-state index in [-0.39, 0.29) is 21.6 Å². The van der Waals surface area contributed by atoms with Gasteiger partial charge in [-0.3, -0.25) is 9.59 Å². The molecule has 64 heavy (non-hydrogen) atoms. The summed E-state index contributed by atoms with van der Waals surface area (Å²) >= 11 is 0. The average Bonchev–Trinajstić information content (AvgIpc) is 3.26. The largest absolute Gasteiger partial charge is 0.351 e. The average molecular weight is 903 g/mol. The normalized spacial score (nSPS) is 12.3. The minimum Gasteiger partial charge on any atom is -0.351 e. The summed E-state index contributed by atoms with van der Waals surface area (Å²) < 4.78 is 53.0. The summed E-state index contributed by atoms with van der Waals surface area (Å²) in [6.07, 6.45) is 0. The first-order valence-electron chi connectivity index (χ1n) is 20.3. The SMILES string of the molecule is CN(C)CCNC(=O)c1cccc2nc3ccc4c(S(=O)(=O)N(C)C)cccc4c3nc12.CN(C)CCNC(=O)c1cccc2nc3ccc4cc(S(=O)(=O)N(C)C)ccc4c3nc12. The van der Waals surface area contributed by atoms with Crippen molar-refractivity contribution in [3.05, 3.63) is 108 Å². The zero-order chi connectivity index (χ0) is 46.1. The van der Waals surface area contributed by atoms with Crippen molar-refractivity contribution in [2.45, 2.75) is 9.79 Å². The number of amides is 2. The van der Waals surface area contributed by atoms with E-state index in [1.807, 2.05) is 68.3 Å². The number of carbonyl (C=O) groups is 2. The smallest absolute Gasteiger partial charge is 0.253 e. The number of nitrogens with zero attached hydrogens (tertiary/aromatic N) is 8. The lowest BCUT2D eigenvalue weighted by molar-refractivity contribution is 0.0944. The van der Waals surface area contributed by atoms with Crippen LogP contribution < -0.4 is 10.6 Å². The minimum absolute atomic E-state index is 0.203. The Morgan fingerprint density at radius 2 is 0.953 bits per heavy atom. The van der Waals surface area contributed by atoms with E-state index in [0.29, 0.717) is 79.1 Å². The van der Waals surface area contributed by atoms with Crippen LogP contribution in [0.1, 0.15) is 20.7 Å². The number of rotatable bonds is 12. The van der Waals surface area contributed by atoms with Crippen molar-refractivity contribution < 1.29 is 26.4 Å². The van der Waals surface area contributed by atoms with E-state index < -0.39 is 20.0 Å². The molecule has 0 unspecified atom stereocenters. The van der Waals surface area contributed by atoms with Gasteiger partial charge >= 0.3 is 0 Å². The molecule has 8 rings (SSSR count). The van der Waals surface area contributed by atoms with Crippen molar-refractivity contribution in [3.63, 3.8) is 0 Å². The summed E-state index contributed by atoms with van der Waals surface area (Å²) in [4.78, 5) is 49.0. The van der Waals surface area contributed by atoms with Crippen LogP contribution in [-0.2, 0) is 20.0 Å². The molecule has 2 amide bonds. The van der Waals surface area contributed by atoms with Crippen molar-refractivity contribution in [1.29, 1.82) is 0 Å². The highest BCUT2D eigenvalue weighted by atomic mass is 32.2. The third kappa shape index (κ3) is 9.19. The molecular formula is C46H50N10O6S2. The fourth-order valence-electron chi connectivity index (χ4n) is 7.09.